The van der Waals surface area contributed by atoms with Gasteiger partial charge in [0, 0.05) is 21.8 Å². The van der Waals surface area contributed by atoms with E-state index in [4.69, 9.17) is 11.6 Å². The lowest BCUT2D eigenvalue weighted by Crippen LogP contribution is -2.47. The molecule has 3 amide bonds. The standard InChI is InChI=1S/C23H26ClN3O5/c1-4-14(2)20(27-22(30)16-5-9-17(24)10-6-16)23(31)26-18-11-7-15(8-12-18)21(29)25-13-19(28)32-3/h5-12,14,20H,4,13H2,1-3H3,(H,25,29)(H,26,31)(H,27,30). The number of carbonyl (C=O) groups excluding carboxylic acids is 4. The summed E-state index contributed by atoms with van der Waals surface area (Å²) in [4.78, 5) is 48.6. The quantitative estimate of drug-likeness (QED) is 0.499. The molecule has 0 aliphatic heterocycles. The molecular weight excluding hydrogens is 434 g/mol. The third-order valence-electron chi connectivity index (χ3n) is 4.92. The lowest BCUT2D eigenvalue weighted by atomic mass is 9.97. The lowest BCUT2D eigenvalue weighted by molar-refractivity contribution is -0.139. The van der Waals surface area contributed by atoms with E-state index in [9.17, 15) is 19.2 Å². The van der Waals surface area contributed by atoms with Crippen molar-refractivity contribution in [3.63, 3.8) is 0 Å². The van der Waals surface area contributed by atoms with Crippen molar-refractivity contribution in [3.05, 3.63) is 64.7 Å². The Morgan fingerprint density at radius 1 is 0.938 bits per heavy atom. The second-order valence-corrected chi connectivity index (χ2v) is 7.61. The molecule has 9 heteroatoms. The lowest BCUT2D eigenvalue weighted by Gasteiger charge is -2.23. The summed E-state index contributed by atoms with van der Waals surface area (Å²) in [5.74, 6) is -1.86. The van der Waals surface area contributed by atoms with E-state index in [1.165, 1.54) is 19.2 Å². The number of benzene rings is 2. The molecule has 32 heavy (non-hydrogen) atoms. The van der Waals surface area contributed by atoms with Gasteiger partial charge < -0.3 is 20.7 Å². The Kier molecular flexibility index (Phi) is 9.22. The van der Waals surface area contributed by atoms with Crippen LogP contribution < -0.4 is 16.0 Å². The molecule has 2 aromatic rings. The molecule has 0 aromatic heterocycles. The number of nitrogens with one attached hydrogen (secondary N) is 3. The number of ether oxygens (including phenoxy) is 1. The average molecular weight is 460 g/mol. The Morgan fingerprint density at radius 2 is 1.50 bits per heavy atom. The van der Waals surface area contributed by atoms with Gasteiger partial charge in [0.25, 0.3) is 11.8 Å². The van der Waals surface area contributed by atoms with E-state index in [1.807, 2.05) is 13.8 Å². The van der Waals surface area contributed by atoms with Crippen molar-refractivity contribution in [2.24, 2.45) is 5.92 Å². The summed E-state index contributed by atoms with van der Waals surface area (Å²) in [7, 11) is 1.23. The largest absolute Gasteiger partial charge is 0.468 e. The highest BCUT2D eigenvalue weighted by Gasteiger charge is 2.26. The number of rotatable bonds is 9. The van der Waals surface area contributed by atoms with Crippen molar-refractivity contribution >= 4 is 41.0 Å². The zero-order valence-corrected chi connectivity index (χ0v) is 18.9. The molecule has 2 unspecified atom stereocenters. The third-order valence-corrected chi connectivity index (χ3v) is 5.18. The van der Waals surface area contributed by atoms with Crippen LogP contribution in [0.4, 0.5) is 5.69 Å². The molecule has 0 saturated heterocycles. The summed E-state index contributed by atoms with van der Waals surface area (Å²) in [5.41, 5.74) is 1.19. The molecule has 3 N–H and O–H groups in total. The molecule has 0 spiro atoms. The molecule has 0 bridgehead atoms. The first-order valence-corrected chi connectivity index (χ1v) is 10.4. The number of methoxy groups -OCH3 is 1. The molecule has 0 saturated carbocycles. The van der Waals surface area contributed by atoms with Gasteiger partial charge in [-0.1, -0.05) is 31.9 Å². The fourth-order valence-corrected chi connectivity index (χ4v) is 2.91. The molecule has 0 fully saturated rings. The van der Waals surface area contributed by atoms with Crippen LogP contribution in [0.3, 0.4) is 0 Å². The first-order chi connectivity index (χ1) is 15.2. The van der Waals surface area contributed by atoms with Gasteiger partial charge in [0.05, 0.1) is 7.11 Å². The van der Waals surface area contributed by atoms with Crippen molar-refractivity contribution in [2.45, 2.75) is 26.3 Å². The second kappa shape index (κ2) is 11.9. The minimum Gasteiger partial charge on any atom is -0.468 e. The van der Waals surface area contributed by atoms with Crippen molar-refractivity contribution in [3.8, 4) is 0 Å². The van der Waals surface area contributed by atoms with Crippen LogP contribution in [-0.2, 0) is 14.3 Å². The summed E-state index contributed by atoms with van der Waals surface area (Å²) in [5, 5.41) is 8.50. The molecule has 0 radical (unpaired) electrons. The van der Waals surface area contributed by atoms with E-state index in [0.29, 0.717) is 28.3 Å². The van der Waals surface area contributed by atoms with E-state index in [-0.39, 0.29) is 24.3 Å². The predicted molar refractivity (Wildman–Crippen MR) is 122 cm³/mol. The van der Waals surface area contributed by atoms with E-state index in [1.54, 1.807) is 36.4 Å². The van der Waals surface area contributed by atoms with Crippen LogP contribution in [0.1, 0.15) is 41.0 Å². The molecule has 2 atom stereocenters. The fourth-order valence-electron chi connectivity index (χ4n) is 2.78. The normalized spacial score (nSPS) is 12.2. The summed E-state index contributed by atoms with van der Waals surface area (Å²) < 4.78 is 4.47. The van der Waals surface area contributed by atoms with Crippen LogP contribution in [0, 0.1) is 5.92 Å². The van der Waals surface area contributed by atoms with Crippen LogP contribution >= 0.6 is 11.6 Å². The predicted octanol–water partition coefficient (Wildman–Crippen LogP) is 3.03. The van der Waals surface area contributed by atoms with Crippen LogP contribution in [0.25, 0.3) is 0 Å². The van der Waals surface area contributed by atoms with Crippen molar-refractivity contribution in [1.82, 2.24) is 10.6 Å². The zero-order valence-electron chi connectivity index (χ0n) is 18.1. The highest BCUT2D eigenvalue weighted by Crippen LogP contribution is 2.15. The van der Waals surface area contributed by atoms with Gasteiger partial charge in [-0.15, -0.1) is 0 Å². The van der Waals surface area contributed by atoms with Crippen molar-refractivity contribution in [1.29, 1.82) is 0 Å². The molecule has 0 aliphatic rings. The number of anilines is 1. The number of hydrogen-bond acceptors (Lipinski definition) is 5. The van der Waals surface area contributed by atoms with Gasteiger partial charge in [0.1, 0.15) is 12.6 Å². The average Bonchev–Trinajstić information content (AvgIpc) is 2.80. The number of carbonyl (C=O) groups is 4. The molecule has 0 aliphatic carbocycles. The zero-order chi connectivity index (χ0) is 23.7. The van der Waals surface area contributed by atoms with E-state index >= 15 is 0 Å². The van der Waals surface area contributed by atoms with Crippen LogP contribution in [0.15, 0.2) is 48.5 Å². The molecule has 8 nitrogen and oxygen atoms in total. The van der Waals surface area contributed by atoms with Gasteiger partial charge in [0.15, 0.2) is 0 Å². The Bertz CT molecular complexity index is 961. The Labute approximate surface area is 191 Å². The fraction of sp³-hybridized carbons (Fsp3) is 0.304. The van der Waals surface area contributed by atoms with Gasteiger partial charge in [-0.25, -0.2) is 0 Å². The van der Waals surface area contributed by atoms with Gasteiger partial charge >= 0.3 is 5.97 Å². The summed E-state index contributed by atoms with van der Waals surface area (Å²) in [6.45, 7) is 3.57. The first kappa shape index (κ1) is 24.9. The van der Waals surface area contributed by atoms with Crippen LogP contribution in [0.5, 0.6) is 0 Å². The van der Waals surface area contributed by atoms with Gasteiger partial charge in [0.2, 0.25) is 5.91 Å². The van der Waals surface area contributed by atoms with Crippen molar-refractivity contribution in [2.75, 3.05) is 19.0 Å². The smallest absolute Gasteiger partial charge is 0.325 e. The van der Waals surface area contributed by atoms with E-state index in [0.717, 1.165) is 0 Å². The van der Waals surface area contributed by atoms with Crippen molar-refractivity contribution < 1.29 is 23.9 Å². The minimum atomic E-state index is -0.758. The summed E-state index contributed by atoms with van der Waals surface area (Å²) >= 11 is 5.86. The third kappa shape index (κ3) is 7.09. The van der Waals surface area contributed by atoms with Gasteiger partial charge in [-0.2, -0.15) is 0 Å². The molecule has 2 aromatic carbocycles. The number of halogens is 1. The van der Waals surface area contributed by atoms with E-state index in [2.05, 4.69) is 20.7 Å². The highest BCUT2D eigenvalue weighted by molar-refractivity contribution is 6.30. The van der Waals surface area contributed by atoms with Gasteiger partial charge in [-0.3, -0.25) is 19.2 Å². The van der Waals surface area contributed by atoms with Crippen LogP contribution in [-0.4, -0.2) is 43.4 Å². The Hall–Kier alpha value is -3.39. The monoisotopic (exact) mass is 459 g/mol. The maximum atomic E-state index is 12.9. The van der Waals surface area contributed by atoms with E-state index < -0.39 is 17.9 Å². The number of hydrogen-bond donors (Lipinski definition) is 3. The second-order valence-electron chi connectivity index (χ2n) is 7.17. The maximum absolute atomic E-state index is 12.9. The number of esters is 1. The summed E-state index contributed by atoms with van der Waals surface area (Å²) in [6, 6.07) is 11.8. The Morgan fingerprint density at radius 3 is 2.06 bits per heavy atom. The molecular formula is C23H26ClN3O5. The Balaban J connectivity index is 2.04. The highest BCUT2D eigenvalue weighted by atomic mass is 35.5. The number of amides is 3. The molecule has 0 heterocycles. The first-order valence-electron chi connectivity index (χ1n) is 10.1. The van der Waals surface area contributed by atoms with Gasteiger partial charge in [-0.05, 0) is 54.4 Å². The molecule has 2 rings (SSSR count). The minimum absolute atomic E-state index is 0.116. The summed E-state index contributed by atoms with van der Waals surface area (Å²) in [6.07, 6.45) is 0.679. The van der Waals surface area contributed by atoms with Crippen LogP contribution in [0.2, 0.25) is 5.02 Å². The molecule has 170 valence electrons. The topological polar surface area (TPSA) is 114 Å². The SMILES string of the molecule is CCC(C)C(NC(=O)c1ccc(Cl)cc1)C(=O)Nc1ccc(C(=O)NCC(=O)OC)cc1. The maximum Gasteiger partial charge on any atom is 0.325 e.